The first-order chi connectivity index (χ1) is 11.2. The summed E-state index contributed by atoms with van der Waals surface area (Å²) in [6.45, 7) is 0. The summed E-state index contributed by atoms with van der Waals surface area (Å²) in [4.78, 5) is 12.2. The van der Waals surface area contributed by atoms with Crippen LogP contribution < -0.4 is 0 Å². The van der Waals surface area contributed by atoms with Crippen molar-refractivity contribution in [2.75, 3.05) is 20.4 Å². The molecule has 0 aliphatic heterocycles. The summed E-state index contributed by atoms with van der Waals surface area (Å²) < 4.78 is 62.1. The minimum Gasteiger partial charge on any atom is -0.312 e. The van der Waals surface area contributed by atoms with Crippen LogP contribution in [0.2, 0.25) is 0 Å². The van der Waals surface area contributed by atoms with Crippen LogP contribution in [0, 0.1) is 0 Å². The molecular weight excluding hydrogens is 348 g/mol. The standard InChI is InChI=1S/C14H14F3N2O4P/c1-22-24(21,23-2)9-12(20)11-8-18-19(13(11)14(15,16)17)10-6-4-3-5-7-10/h3-8H,9H2,1-2H3. The number of hydrogen-bond acceptors (Lipinski definition) is 5. The van der Waals surface area contributed by atoms with Crippen molar-refractivity contribution in [1.29, 1.82) is 0 Å². The van der Waals surface area contributed by atoms with Crippen LogP contribution in [0.25, 0.3) is 5.69 Å². The van der Waals surface area contributed by atoms with Crippen LogP contribution in [0.3, 0.4) is 0 Å². The van der Waals surface area contributed by atoms with Gasteiger partial charge in [0.05, 0.1) is 17.4 Å². The first-order valence-corrected chi connectivity index (χ1v) is 8.39. The van der Waals surface area contributed by atoms with Gasteiger partial charge in [0.2, 0.25) is 0 Å². The van der Waals surface area contributed by atoms with Crippen molar-refractivity contribution < 1.29 is 31.6 Å². The van der Waals surface area contributed by atoms with Gasteiger partial charge in [0.1, 0.15) is 6.16 Å². The van der Waals surface area contributed by atoms with Crippen molar-refractivity contribution in [3.05, 3.63) is 47.8 Å². The number of carbonyl (C=O) groups excluding carboxylic acids is 1. The number of hydrogen-bond donors (Lipinski definition) is 0. The molecule has 0 fully saturated rings. The molecule has 0 bridgehead atoms. The Bertz CT molecular complexity index is 766. The lowest BCUT2D eigenvalue weighted by atomic mass is 10.1. The van der Waals surface area contributed by atoms with E-state index in [0.717, 1.165) is 20.4 Å². The van der Waals surface area contributed by atoms with Crippen LogP contribution in [-0.2, 0) is 19.8 Å². The van der Waals surface area contributed by atoms with Gasteiger partial charge >= 0.3 is 13.8 Å². The second-order valence-corrected chi connectivity index (χ2v) is 6.98. The fraction of sp³-hybridized carbons (Fsp3) is 0.286. The number of Topliss-reactive ketones (excluding diaryl/α,β-unsaturated/α-hetero) is 1. The molecule has 6 nitrogen and oxygen atoms in total. The molecule has 130 valence electrons. The SMILES string of the molecule is COP(=O)(CC(=O)c1cnn(-c2ccccc2)c1C(F)(F)F)OC. The molecule has 2 aromatic rings. The Hall–Kier alpha value is -1.96. The number of benzene rings is 1. The van der Waals surface area contributed by atoms with Crippen molar-refractivity contribution in [3.8, 4) is 5.69 Å². The third-order valence-electron chi connectivity index (χ3n) is 3.23. The molecule has 0 N–H and O–H groups in total. The highest BCUT2D eigenvalue weighted by Crippen LogP contribution is 2.47. The molecule has 0 saturated carbocycles. The summed E-state index contributed by atoms with van der Waals surface area (Å²) in [7, 11) is -1.69. The lowest BCUT2D eigenvalue weighted by Crippen LogP contribution is -2.19. The van der Waals surface area contributed by atoms with Gasteiger partial charge in [-0.2, -0.15) is 18.3 Å². The fourth-order valence-corrected chi connectivity index (χ4v) is 2.98. The maximum Gasteiger partial charge on any atom is 0.434 e. The number of alkyl halides is 3. The van der Waals surface area contributed by atoms with Crippen molar-refractivity contribution >= 4 is 13.4 Å². The van der Waals surface area contributed by atoms with Gasteiger partial charge in [-0.1, -0.05) is 18.2 Å². The van der Waals surface area contributed by atoms with Gasteiger partial charge in [-0.15, -0.1) is 0 Å². The van der Waals surface area contributed by atoms with Gasteiger partial charge in [-0.05, 0) is 12.1 Å². The Morgan fingerprint density at radius 1 is 1.21 bits per heavy atom. The Kier molecular flexibility index (Phi) is 5.27. The first kappa shape index (κ1) is 18.4. The smallest absolute Gasteiger partial charge is 0.312 e. The molecule has 1 heterocycles. The van der Waals surface area contributed by atoms with E-state index in [1.807, 2.05) is 0 Å². The summed E-state index contributed by atoms with van der Waals surface area (Å²) in [5.74, 6) is -1.03. The highest BCUT2D eigenvalue weighted by Gasteiger charge is 2.41. The van der Waals surface area contributed by atoms with E-state index in [9.17, 15) is 22.5 Å². The summed E-state index contributed by atoms with van der Waals surface area (Å²) in [5, 5.41) is 3.66. The second kappa shape index (κ2) is 6.88. The zero-order valence-corrected chi connectivity index (χ0v) is 13.7. The molecule has 1 aromatic heterocycles. The predicted octanol–water partition coefficient (Wildman–Crippen LogP) is 3.56. The number of aromatic nitrogens is 2. The number of nitrogens with zero attached hydrogens (tertiary/aromatic N) is 2. The summed E-state index contributed by atoms with van der Waals surface area (Å²) in [6.07, 6.45) is -4.85. The molecular formula is C14H14F3N2O4P. The average molecular weight is 362 g/mol. The van der Waals surface area contributed by atoms with Crippen LogP contribution in [0.1, 0.15) is 16.1 Å². The molecule has 24 heavy (non-hydrogen) atoms. The maximum absolute atomic E-state index is 13.4. The van der Waals surface area contributed by atoms with Crippen molar-refractivity contribution in [2.45, 2.75) is 6.18 Å². The van der Waals surface area contributed by atoms with Gasteiger partial charge in [-0.3, -0.25) is 9.36 Å². The van der Waals surface area contributed by atoms with Gasteiger partial charge < -0.3 is 9.05 Å². The number of ketones is 1. The van der Waals surface area contributed by atoms with Crippen molar-refractivity contribution in [2.24, 2.45) is 0 Å². The second-order valence-electron chi connectivity index (χ2n) is 4.71. The number of rotatable bonds is 6. The van der Waals surface area contributed by atoms with Crippen molar-refractivity contribution in [3.63, 3.8) is 0 Å². The molecule has 0 aliphatic rings. The number of para-hydroxylation sites is 1. The molecule has 0 unspecified atom stereocenters. The molecule has 0 amide bonds. The molecule has 0 radical (unpaired) electrons. The van der Waals surface area contributed by atoms with Gasteiger partial charge in [0, 0.05) is 14.2 Å². The first-order valence-electron chi connectivity index (χ1n) is 6.66. The van der Waals surface area contributed by atoms with E-state index in [-0.39, 0.29) is 5.69 Å². The maximum atomic E-state index is 13.4. The third kappa shape index (κ3) is 3.75. The fourth-order valence-electron chi connectivity index (χ4n) is 2.05. The van der Waals surface area contributed by atoms with Crippen LogP contribution >= 0.6 is 7.60 Å². The van der Waals surface area contributed by atoms with Crippen LogP contribution in [0.5, 0.6) is 0 Å². The highest BCUT2D eigenvalue weighted by atomic mass is 31.2. The van der Waals surface area contributed by atoms with E-state index < -0.39 is 37.0 Å². The van der Waals surface area contributed by atoms with Gasteiger partial charge in [0.15, 0.2) is 11.5 Å². The quantitative estimate of drug-likeness (QED) is 0.581. The molecule has 1 aromatic carbocycles. The molecule has 2 rings (SSSR count). The lowest BCUT2D eigenvalue weighted by molar-refractivity contribution is -0.143. The Morgan fingerprint density at radius 2 is 1.79 bits per heavy atom. The zero-order chi connectivity index (χ0) is 18.0. The number of carbonyl (C=O) groups is 1. The third-order valence-corrected chi connectivity index (χ3v) is 5.02. The lowest BCUT2D eigenvalue weighted by Gasteiger charge is -2.14. The largest absolute Gasteiger partial charge is 0.434 e. The summed E-state index contributed by atoms with van der Waals surface area (Å²) >= 11 is 0. The molecule has 0 saturated heterocycles. The van der Waals surface area contributed by atoms with Crippen LogP contribution in [0.4, 0.5) is 13.2 Å². The number of halogens is 3. The van der Waals surface area contributed by atoms with E-state index in [0.29, 0.717) is 4.68 Å². The predicted molar refractivity (Wildman–Crippen MR) is 79.4 cm³/mol. The molecule has 0 spiro atoms. The monoisotopic (exact) mass is 362 g/mol. The van der Waals surface area contributed by atoms with E-state index in [1.165, 1.54) is 12.1 Å². The Labute approximate surface area is 135 Å². The Balaban J connectivity index is 2.51. The van der Waals surface area contributed by atoms with Gasteiger partial charge in [-0.25, -0.2) is 4.68 Å². The van der Waals surface area contributed by atoms with Crippen LogP contribution in [0.15, 0.2) is 36.5 Å². The summed E-state index contributed by atoms with van der Waals surface area (Å²) in [6, 6.07) is 7.57. The molecule has 0 atom stereocenters. The highest BCUT2D eigenvalue weighted by molar-refractivity contribution is 7.54. The van der Waals surface area contributed by atoms with E-state index in [4.69, 9.17) is 0 Å². The summed E-state index contributed by atoms with van der Waals surface area (Å²) in [5.41, 5.74) is -1.79. The Morgan fingerprint density at radius 3 is 2.29 bits per heavy atom. The van der Waals surface area contributed by atoms with E-state index in [1.54, 1.807) is 18.2 Å². The molecule has 10 heteroatoms. The molecule has 0 aliphatic carbocycles. The van der Waals surface area contributed by atoms with Gasteiger partial charge in [0.25, 0.3) is 0 Å². The average Bonchev–Trinajstić information content (AvgIpc) is 3.01. The van der Waals surface area contributed by atoms with E-state index >= 15 is 0 Å². The minimum atomic E-state index is -4.83. The normalized spacial score (nSPS) is 12.4. The van der Waals surface area contributed by atoms with E-state index in [2.05, 4.69) is 14.1 Å². The van der Waals surface area contributed by atoms with Crippen molar-refractivity contribution in [1.82, 2.24) is 9.78 Å². The zero-order valence-electron chi connectivity index (χ0n) is 12.8. The minimum absolute atomic E-state index is 0.144. The van der Waals surface area contributed by atoms with Crippen LogP contribution in [-0.4, -0.2) is 35.9 Å². The topological polar surface area (TPSA) is 70.4 Å².